The highest BCUT2D eigenvalue weighted by molar-refractivity contribution is 7.11. The van der Waals surface area contributed by atoms with Gasteiger partial charge in [0, 0.05) is 23.0 Å². The van der Waals surface area contributed by atoms with Gasteiger partial charge in [-0.05, 0) is 18.9 Å². The molecule has 1 aliphatic carbocycles. The molecule has 108 valence electrons. The number of nitrogens with one attached hydrogen (secondary N) is 1. The zero-order valence-corrected chi connectivity index (χ0v) is 13.5. The molecule has 0 radical (unpaired) electrons. The Balaban J connectivity index is 1.66. The second kappa shape index (κ2) is 6.85. The van der Waals surface area contributed by atoms with Gasteiger partial charge in [-0.3, -0.25) is 0 Å². The quantitative estimate of drug-likeness (QED) is 0.803. The Morgan fingerprint density at radius 2 is 2.00 bits per heavy atom. The molecule has 1 N–H and O–H groups in total. The number of rotatable bonds is 5. The van der Waals surface area contributed by atoms with E-state index < -0.39 is 0 Å². The van der Waals surface area contributed by atoms with Gasteiger partial charge in [-0.2, -0.15) is 0 Å². The first-order valence-electron chi connectivity index (χ1n) is 7.71. The Hall–Kier alpha value is -0.410. The van der Waals surface area contributed by atoms with Crippen molar-refractivity contribution in [2.24, 2.45) is 5.92 Å². The predicted molar refractivity (Wildman–Crippen MR) is 83.7 cm³/mol. The van der Waals surface area contributed by atoms with E-state index in [1.54, 1.807) is 0 Å². The van der Waals surface area contributed by atoms with Crippen LogP contribution in [0.5, 0.6) is 0 Å². The van der Waals surface area contributed by atoms with Gasteiger partial charge in [-0.15, -0.1) is 11.3 Å². The summed E-state index contributed by atoms with van der Waals surface area (Å²) in [4.78, 5) is 5.90. The van der Waals surface area contributed by atoms with Crippen LogP contribution in [-0.2, 0) is 12.0 Å². The summed E-state index contributed by atoms with van der Waals surface area (Å²) in [6.07, 6.45) is 10.7. The lowest BCUT2D eigenvalue weighted by molar-refractivity contribution is 0.334. The molecule has 2 nitrogen and oxygen atoms in total. The van der Waals surface area contributed by atoms with Crippen LogP contribution in [0.25, 0.3) is 0 Å². The van der Waals surface area contributed by atoms with Gasteiger partial charge >= 0.3 is 0 Å². The lowest BCUT2D eigenvalue weighted by atomic mass is 9.87. The van der Waals surface area contributed by atoms with E-state index in [2.05, 4.69) is 31.1 Å². The van der Waals surface area contributed by atoms with Gasteiger partial charge in [0.1, 0.15) is 0 Å². The van der Waals surface area contributed by atoms with Crippen LogP contribution in [0.4, 0.5) is 0 Å². The van der Waals surface area contributed by atoms with Crippen LogP contribution in [0.3, 0.4) is 0 Å². The van der Waals surface area contributed by atoms with Crippen molar-refractivity contribution in [3.63, 3.8) is 0 Å². The fourth-order valence-electron chi connectivity index (χ4n) is 2.73. The van der Waals surface area contributed by atoms with Crippen LogP contribution in [0.1, 0.15) is 69.2 Å². The summed E-state index contributed by atoms with van der Waals surface area (Å²) in [5, 5.41) is 4.83. The summed E-state index contributed by atoms with van der Waals surface area (Å²) in [7, 11) is 0. The largest absolute Gasteiger partial charge is 0.312 e. The Labute approximate surface area is 122 Å². The lowest BCUT2D eigenvalue weighted by Crippen LogP contribution is -2.18. The molecule has 2 rings (SSSR count). The summed E-state index contributed by atoms with van der Waals surface area (Å²) in [5.74, 6) is 0.979. The van der Waals surface area contributed by atoms with Crippen LogP contribution in [0.15, 0.2) is 6.20 Å². The van der Waals surface area contributed by atoms with Gasteiger partial charge < -0.3 is 5.32 Å². The monoisotopic (exact) mass is 280 g/mol. The Morgan fingerprint density at radius 1 is 1.26 bits per heavy atom. The number of thiazole rings is 1. The molecule has 0 saturated heterocycles. The summed E-state index contributed by atoms with van der Waals surface area (Å²) in [5.41, 5.74) is 0.186. The smallest absolute Gasteiger partial charge is 0.0981 e. The minimum Gasteiger partial charge on any atom is -0.312 e. The summed E-state index contributed by atoms with van der Waals surface area (Å²) >= 11 is 1.85. The minimum absolute atomic E-state index is 0.186. The number of hydrogen-bond acceptors (Lipinski definition) is 3. The highest BCUT2D eigenvalue weighted by Crippen LogP contribution is 2.27. The zero-order valence-electron chi connectivity index (χ0n) is 12.7. The van der Waals surface area contributed by atoms with E-state index in [9.17, 15) is 0 Å². The maximum atomic E-state index is 4.53. The van der Waals surface area contributed by atoms with E-state index in [1.807, 2.05) is 17.5 Å². The van der Waals surface area contributed by atoms with Crippen LogP contribution in [-0.4, -0.2) is 11.5 Å². The molecule has 3 heteroatoms. The number of nitrogens with zero attached hydrogens (tertiary/aromatic N) is 1. The van der Waals surface area contributed by atoms with E-state index in [0.717, 1.165) is 19.0 Å². The van der Waals surface area contributed by atoms with Crippen molar-refractivity contribution in [1.29, 1.82) is 0 Å². The Bertz CT molecular complexity index is 372. The SMILES string of the molecule is CC(C)(C)c1ncc(CNCCC2CCCCC2)s1. The van der Waals surface area contributed by atoms with Crippen LogP contribution in [0.2, 0.25) is 0 Å². The number of aromatic nitrogens is 1. The lowest BCUT2D eigenvalue weighted by Gasteiger charge is -2.21. The molecule has 1 fully saturated rings. The molecule has 0 unspecified atom stereocenters. The van der Waals surface area contributed by atoms with Gasteiger partial charge in [0.25, 0.3) is 0 Å². The highest BCUT2D eigenvalue weighted by atomic mass is 32.1. The third-order valence-electron chi connectivity index (χ3n) is 3.95. The van der Waals surface area contributed by atoms with E-state index in [1.165, 1.54) is 48.4 Å². The summed E-state index contributed by atoms with van der Waals surface area (Å²) in [6, 6.07) is 0. The molecule has 1 heterocycles. The van der Waals surface area contributed by atoms with Crippen molar-refractivity contribution in [1.82, 2.24) is 10.3 Å². The van der Waals surface area contributed by atoms with Crippen molar-refractivity contribution >= 4 is 11.3 Å². The average molecular weight is 280 g/mol. The Morgan fingerprint density at radius 3 is 2.63 bits per heavy atom. The molecular weight excluding hydrogens is 252 g/mol. The second-order valence-corrected chi connectivity index (χ2v) is 7.97. The second-order valence-electron chi connectivity index (χ2n) is 6.85. The van der Waals surface area contributed by atoms with E-state index in [-0.39, 0.29) is 5.41 Å². The molecule has 0 spiro atoms. The molecule has 0 amide bonds. The van der Waals surface area contributed by atoms with Crippen molar-refractivity contribution in [2.45, 2.75) is 71.3 Å². The van der Waals surface area contributed by atoms with Crippen molar-refractivity contribution < 1.29 is 0 Å². The van der Waals surface area contributed by atoms with E-state index in [0.29, 0.717) is 0 Å². The van der Waals surface area contributed by atoms with Gasteiger partial charge in [-0.1, -0.05) is 52.9 Å². The maximum absolute atomic E-state index is 4.53. The first-order chi connectivity index (χ1) is 9.05. The van der Waals surface area contributed by atoms with Crippen LogP contribution in [0, 0.1) is 5.92 Å². The minimum atomic E-state index is 0.186. The van der Waals surface area contributed by atoms with Gasteiger partial charge in [0.2, 0.25) is 0 Å². The molecule has 1 aromatic rings. The molecule has 1 saturated carbocycles. The Kier molecular flexibility index (Phi) is 5.40. The first kappa shape index (κ1) is 15.0. The third-order valence-corrected chi connectivity index (χ3v) is 5.37. The fraction of sp³-hybridized carbons (Fsp3) is 0.812. The normalized spacial score (nSPS) is 17.8. The standard InChI is InChI=1S/C16H28N2S/c1-16(2,3)15-18-12-14(19-15)11-17-10-9-13-7-5-4-6-8-13/h12-13,17H,4-11H2,1-3H3. The van der Waals surface area contributed by atoms with Crippen LogP contribution < -0.4 is 5.32 Å². The van der Waals surface area contributed by atoms with Crippen molar-refractivity contribution in [3.8, 4) is 0 Å². The topological polar surface area (TPSA) is 24.9 Å². The van der Waals surface area contributed by atoms with E-state index >= 15 is 0 Å². The predicted octanol–water partition coefficient (Wildman–Crippen LogP) is 4.50. The molecule has 0 bridgehead atoms. The third kappa shape index (κ3) is 4.88. The maximum Gasteiger partial charge on any atom is 0.0981 e. The molecule has 0 aromatic carbocycles. The summed E-state index contributed by atoms with van der Waals surface area (Å²) in [6.45, 7) is 8.83. The molecule has 0 aliphatic heterocycles. The zero-order chi connectivity index (χ0) is 13.7. The molecular formula is C16H28N2S. The number of hydrogen-bond donors (Lipinski definition) is 1. The molecule has 1 aromatic heterocycles. The van der Waals surface area contributed by atoms with E-state index in [4.69, 9.17) is 0 Å². The highest BCUT2D eigenvalue weighted by Gasteiger charge is 2.18. The molecule has 1 aliphatic rings. The average Bonchev–Trinajstić information content (AvgIpc) is 2.85. The van der Waals surface area contributed by atoms with Crippen LogP contribution >= 0.6 is 11.3 Å². The van der Waals surface area contributed by atoms with Crippen molar-refractivity contribution in [2.75, 3.05) is 6.54 Å². The van der Waals surface area contributed by atoms with Crippen molar-refractivity contribution in [3.05, 3.63) is 16.1 Å². The first-order valence-corrected chi connectivity index (χ1v) is 8.53. The summed E-state index contributed by atoms with van der Waals surface area (Å²) < 4.78 is 0. The van der Waals surface area contributed by atoms with Gasteiger partial charge in [-0.25, -0.2) is 4.98 Å². The van der Waals surface area contributed by atoms with Gasteiger partial charge in [0.05, 0.1) is 5.01 Å². The molecule has 0 atom stereocenters. The molecule has 19 heavy (non-hydrogen) atoms. The van der Waals surface area contributed by atoms with Gasteiger partial charge in [0.15, 0.2) is 0 Å². The fourth-order valence-corrected chi connectivity index (χ4v) is 3.67.